The Bertz CT molecular complexity index is 292. The van der Waals surface area contributed by atoms with Crippen LogP contribution in [0.1, 0.15) is 11.7 Å². The van der Waals surface area contributed by atoms with Crippen LogP contribution in [0.15, 0.2) is 28.1 Å². The first kappa shape index (κ1) is 9.60. The minimum Gasteiger partial charge on any atom is -0.472 e. The quantitative estimate of drug-likeness (QED) is 0.413. The van der Waals surface area contributed by atoms with Gasteiger partial charge in [0, 0.05) is 10.5 Å². The fourth-order valence-electron chi connectivity index (χ4n) is 0.885. The highest BCUT2D eigenvalue weighted by Crippen LogP contribution is 2.17. The Labute approximate surface area is 74.0 Å². The van der Waals surface area contributed by atoms with Gasteiger partial charge in [-0.15, -0.1) is 0 Å². The molecule has 1 rings (SSSR count). The molecule has 0 fully saturated rings. The van der Waals surface area contributed by atoms with Crippen molar-refractivity contribution >= 4 is 0 Å². The summed E-state index contributed by atoms with van der Waals surface area (Å²) < 4.78 is 4.72. The molecule has 2 unspecified atom stereocenters. The number of furan rings is 1. The third-order valence-electron chi connectivity index (χ3n) is 1.58. The van der Waals surface area contributed by atoms with Gasteiger partial charge in [0.2, 0.25) is 0 Å². The Morgan fingerprint density at radius 2 is 2.38 bits per heavy atom. The Morgan fingerprint density at radius 3 is 2.92 bits per heavy atom. The first-order chi connectivity index (χ1) is 6.25. The van der Waals surface area contributed by atoms with Crippen molar-refractivity contribution in [3.8, 4) is 0 Å². The molecule has 0 bridgehead atoms. The monoisotopic (exact) mass is 183 g/mol. The van der Waals surface area contributed by atoms with E-state index in [2.05, 4.69) is 10.0 Å². The van der Waals surface area contributed by atoms with E-state index in [1.807, 2.05) is 0 Å². The fraction of sp³-hybridized carbons (Fsp3) is 0.429. The van der Waals surface area contributed by atoms with Gasteiger partial charge >= 0.3 is 0 Å². The largest absolute Gasteiger partial charge is 0.472 e. The predicted octanol–water partition coefficient (Wildman–Crippen LogP) is 0.984. The van der Waals surface area contributed by atoms with Crippen LogP contribution in [-0.2, 0) is 0 Å². The van der Waals surface area contributed by atoms with Gasteiger partial charge in [-0.2, -0.15) is 0 Å². The summed E-state index contributed by atoms with van der Waals surface area (Å²) in [5.74, 6) is 0. The molecule has 1 aromatic rings. The van der Waals surface area contributed by atoms with Gasteiger partial charge in [0.1, 0.15) is 6.10 Å². The lowest BCUT2D eigenvalue weighted by Crippen LogP contribution is -2.20. The van der Waals surface area contributed by atoms with E-state index in [0.29, 0.717) is 5.56 Å². The maximum absolute atomic E-state index is 9.41. The molecule has 6 nitrogen and oxygen atoms in total. The second kappa shape index (κ2) is 4.51. The number of hydrogen-bond donors (Lipinski definition) is 2. The van der Waals surface area contributed by atoms with Crippen LogP contribution in [0, 0.1) is 0 Å². The average molecular weight is 183 g/mol. The first-order valence-corrected chi connectivity index (χ1v) is 3.64. The Kier molecular flexibility index (Phi) is 3.33. The van der Waals surface area contributed by atoms with E-state index in [9.17, 15) is 10.2 Å². The van der Waals surface area contributed by atoms with E-state index >= 15 is 0 Å². The number of hydrogen-bond acceptors (Lipinski definition) is 4. The van der Waals surface area contributed by atoms with Crippen LogP contribution in [-0.4, -0.2) is 22.9 Å². The molecule has 13 heavy (non-hydrogen) atoms. The van der Waals surface area contributed by atoms with Crippen LogP contribution >= 0.6 is 0 Å². The van der Waals surface area contributed by atoms with Crippen molar-refractivity contribution in [2.45, 2.75) is 12.2 Å². The Morgan fingerprint density at radius 1 is 1.62 bits per heavy atom. The summed E-state index contributed by atoms with van der Waals surface area (Å²) in [6.07, 6.45) is 0.528. The zero-order valence-electron chi connectivity index (χ0n) is 6.74. The third kappa shape index (κ3) is 2.48. The number of aliphatic hydroxyl groups excluding tert-OH is 2. The molecule has 0 aromatic carbocycles. The molecule has 70 valence electrons. The first-order valence-electron chi connectivity index (χ1n) is 3.64. The van der Waals surface area contributed by atoms with Gasteiger partial charge in [-0.3, -0.25) is 0 Å². The SMILES string of the molecule is [N-]=[N+]=NCC(O)C(O)c1ccoc1. The topological polar surface area (TPSA) is 102 Å². The lowest BCUT2D eigenvalue weighted by Gasteiger charge is -2.13. The summed E-state index contributed by atoms with van der Waals surface area (Å²) >= 11 is 0. The number of rotatable bonds is 4. The van der Waals surface area contributed by atoms with Crippen molar-refractivity contribution in [3.05, 3.63) is 34.6 Å². The van der Waals surface area contributed by atoms with Gasteiger partial charge < -0.3 is 14.6 Å². The summed E-state index contributed by atoms with van der Waals surface area (Å²) in [4.78, 5) is 2.47. The number of azide groups is 1. The van der Waals surface area contributed by atoms with Gasteiger partial charge in [-0.1, -0.05) is 5.11 Å². The average Bonchev–Trinajstić information content (AvgIpc) is 2.65. The molecule has 0 amide bonds. The second-order valence-electron chi connectivity index (χ2n) is 2.48. The summed E-state index contributed by atoms with van der Waals surface area (Å²) in [5.41, 5.74) is 8.43. The summed E-state index contributed by atoms with van der Waals surface area (Å²) in [5, 5.41) is 21.8. The molecular formula is C7H9N3O3. The molecule has 0 spiro atoms. The van der Waals surface area contributed by atoms with Crippen molar-refractivity contribution in [2.24, 2.45) is 5.11 Å². The lowest BCUT2D eigenvalue weighted by molar-refractivity contribution is 0.0240. The normalized spacial score (nSPS) is 14.6. The van der Waals surface area contributed by atoms with Gasteiger partial charge in [0.25, 0.3) is 0 Å². The molecule has 1 aromatic heterocycles. The van der Waals surface area contributed by atoms with Gasteiger partial charge in [0.05, 0.1) is 25.2 Å². The van der Waals surface area contributed by atoms with Crippen LogP contribution in [0.2, 0.25) is 0 Å². The van der Waals surface area contributed by atoms with E-state index in [-0.39, 0.29) is 6.54 Å². The minimum absolute atomic E-state index is 0.164. The Balaban J connectivity index is 2.57. The highest BCUT2D eigenvalue weighted by molar-refractivity contribution is 5.10. The molecule has 0 saturated carbocycles. The molecule has 0 aliphatic heterocycles. The van der Waals surface area contributed by atoms with E-state index in [4.69, 9.17) is 9.95 Å². The van der Waals surface area contributed by atoms with Gasteiger partial charge in [-0.05, 0) is 11.6 Å². The minimum atomic E-state index is -1.10. The van der Waals surface area contributed by atoms with Crippen LogP contribution < -0.4 is 0 Å². The van der Waals surface area contributed by atoms with Gasteiger partial charge in [-0.25, -0.2) is 0 Å². The molecule has 0 aliphatic rings. The summed E-state index contributed by atoms with van der Waals surface area (Å²) in [7, 11) is 0. The molecule has 2 N–H and O–H groups in total. The highest BCUT2D eigenvalue weighted by atomic mass is 16.3. The molecule has 0 saturated heterocycles. The maximum atomic E-state index is 9.41. The molecule has 0 aliphatic carbocycles. The zero-order valence-corrected chi connectivity index (χ0v) is 6.74. The van der Waals surface area contributed by atoms with E-state index < -0.39 is 12.2 Å². The standard InChI is InChI=1S/C7H9N3O3/c8-10-9-3-6(11)7(12)5-1-2-13-4-5/h1-2,4,6-7,11-12H,3H2. The van der Waals surface area contributed by atoms with Crippen LogP contribution in [0.25, 0.3) is 10.4 Å². The number of aliphatic hydroxyl groups is 2. The zero-order chi connectivity index (χ0) is 9.68. The number of nitrogens with zero attached hydrogens (tertiary/aromatic N) is 3. The summed E-state index contributed by atoms with van der Waals surface area (Å²) in [6, 6.07) is 1.53. The van der Waals surface area contributed by atoms with Crippen LogP contribution in [0.3, 0.4) is 0 Å². The fourth-order valence-corrected chi connectivity index (χ4v) is 0.885. The molecule has 1 heterocycles. The van der Waals surface area contributed by atoms with Crippen molar-refractivity contribution in [3.63, 3.8) is 0 Å². The third-order valence-corrected chi connectivity index (χ3v) is 1.58. The molecule has 6 heteroatoms. The van der Waals surface area contributed by atoms with E-state index in [1.165, 1.54) is 18.6 Å². The van der Waals surface area contributed by atoms with E-state index in [0.717, 1.165) is 0 Å². The maximum Gasteiger partial charge on any atom is 0.108 e. The van der Waals surface area contributed by atoms with Crippen molar-refractivity contribution in [1.29, 1.82) is 0 Å². The summed E-state index contributed by atoms with van der Waals surface area (Å²) in [6.45, 7) is -0.164. The van der Waals surface area contributed by atoms with Gasteiger partial charge in [0.15, 0.2) is 0 Å². The predicted molar refractivity (Wildman–Crippen MR) is 43.7 cm³/mol. The second-order valence-corrected chi connectivity index (χ2v) is 2.48. The molecule has 2 atom stereocenters. The lowest BCUT2D eigenvalue weighted by atomic mass is 10.1. The smallest absolute Gasteiger partial charge is 0.108 e. The molecule has 0 radical (unpaired) electrons. The van der Waals surface area contributed by atoms with E-state index in [1.54, 1.807) is 0 Å². The van der Waals surface area contributed by atoms with Crippen molar-refractivity contribution in [2.75, 3.05) is 6.54 Å². The van der Waals surface area contributed by atoms with Crippen molar-refractivity contribution in [1.82, 2.24) is 0 Å². The van der Waals surface area contributed by atoms with Crippen LogP contribution in [0.5, 0.6) is 0 Å². The Hall–Kier alpha value is -1.49. The van der Waals surface area contributed by atoms with Crippen LogP contribution in [0.4, 0.5) is 0 Å². The molecular weight excluding hydrogens is 174 g/mol. The highest BCUT2D eigenvalue weighted by Gasteiger charge is 2.18. The van der Waals surface area contributed by atoms with Crippen molar-refractivity contribution < 1.29 is 14.6 Å².